The van der Waals surface area contributed by atoms with Gasteiger partial charge in [0, 0.05) is 23.6 Å². The van der Waals surface area contributed by atoms with Crippen molar-refractivity contribution in [3.63, 3.8) is 0 Å². The molecule has 156 valence electrons. The lowest BCUT2D eigenvalue weighted by Crippen LogP contribution is -2.05. The number of nitrogen functional groups attached to an aromatic ring is 2. The van der Waals surface area contributed by atoms with Gasteiger partial charge in [-0.15, -0.1) is 10.2 Å². The van der Waals surface area contributed by atoms with Gasteiger partial charge in [-0.2, -0.15) is 5.21 Å². The van der Waals surface area contributed by atoms with E-state index in [1.54, 1.807) is 12.3 Å². The van der Waals surface area contributed by atoms with E-state index in [9.17, 15) is 8.42 Å². The second-order valence-corrected chi connectivity index (χ2v) is 10.7. The van der Waals surface area contributed by atoms with Crippen LogP contribution in [0.1, 0.15) is 0 Å². The first-order chi connectivity index (χ1) is 14.8. The summed E-state index contributed by atoms with van der Waals surface area (Å²) >= 11 is 2.55. The van der Waals surface area contributed by atoms with Crippen LogP contribution in [0.15, 0.2) is 41.4 Å². The molecule has 5 rings (SSSR count). The number of aromatic nitrogens is 6. The monoisotopic (exact) mass is 470 g/mol. The Bertz CT molecular complexity index is 1540. The first kappa shape index (κ1) is 19.5. The normalized spacial score (nSPS) is 11.9. The van der Waals surface area contributed by atoms with Crippen LogP contribution in [0.25, 0.3) is 43.2 Å². The quantitative estimate of drug-likeness (QED) is 0.358. The number of nitrogens with one attached hydrogen (secondary N) is 1. The Morgan fingerprint density at radius 2 is 1.81 bits per heavy atom. The van der Waals surface area contributed by atoms with E-state index in [-0.39, 0.29) is 10.7 Å². The number of rotatable bonds is 4. The number of sulfone groups is 1. The summed E-state index contributed by atoms with van der Waals surface area (Å²) in [7, 11) is -3.73. The highest BCUT2D eigenvalue weighted by molar-refractivity contribution is 7.91. The zero-order valence-electron chi connectivity index (χ0n) is 15.9. The van der Waals surface area contributed by atoms with Crippen LogP contribution in [-0.2, 0) is 9.84 Å². The van der Waals surface area contributed by atoms with Gasteiger partial charge in [0.25, 0.3) is 0 Å². The van der Waals surface area contributed by atoms with Crippen molar-refractivity contribution in [1.29, 1.82) is 0 Å². The van der Waals surface area contributed by atoms with Crippen molar-refractivity contribution in [2.75, 3.05) is 17.7 Å². The molecule has 0 amide bonds. The molecule has 0 aliphatic heterocycles. The van der Waals surface area contributed by atoms with Gasteiger partial charge in [-0.1, -0.05) is 46.9 Å². The summed E-state index contributed by atoms with van der Waals surface area (Å²) in [5.41, 5.74) is 14.5. The molecule has 0 bridgehead atoms. The topological polar surface area (TPSA) is 166 Å². The Hall–Kier alpha value is -3.42. The molecule has 5 N–H and O–H groups in total. The maximum atomic E-state index is 13.0. The third-order valence-electron chi connectivity index (χ3n) is 4.61. The first-order valence-electron chi connectivity index (χ1n) is 8.81. The molecule has 0 aliphatic rings. The Labute approximate surface area is 183 Å². The second kappa shape index (κ2) is 7.08. The Kier molecular flexibility index (Phi) is 4.46. The van der Waals surface area contributed by atoms with E-state index in [4.69, 9.17) is 11.5 Å². The maximum Gasteiger partial charge on any atom is 0.206 e. The molecule has 3 aromatic heterocycles. The number of benzene rings is 2. The Morgan fingerprint density at radius 3 is 2.48 bits per heavy atom. The summed E-state index contributed by atoms with van der Waals surface area (Å²) in [5.74, 6) is 0.148. The van der Waals surface area contributed by atoms with Crippen molar-refractivity contribution in [2.45, 2.75) is 4.90 Å². The van der Waals surface area contributed by atoms with Gasteiger partial charge in [-0.3, -0.25) is 0 Å². The zero-order chi connectivity index (χ0) is 21.8. The average Bonchev–Trinajstić information content (AvgIpc) is 3.46. The average molecular weight is 471 g/mol. The van der Waals surface area contributed by atoms with Crippen LogP contribution in [0.3, 0.4) is 0 Å². The van der Waals surface area contributed by atoms with Crippen molar-refractivity contribution in [3.05, 3.63) is 36.5 Å². The number of thiazole rings is 2. The van der Waals surface area contributed by atoms with Crippen LogP contribution in [0, 0.1) is 0 Å². The van der Waals surface area contributed by atoms with Gasteiger partial charge in [0.15, 0.2) is 20.1 Å². The Morgan fingerprint density at radius 1 is 1.00 bits per heavy atom. The van der Waals surface area contributed by atoms with E-state index in [1.165, 1.54) is 22.7 Å². The molecule has 13 heteroatoms. The van der Waals surface area contributed by atoms with Gasteiger partial charge in [-0.05, 0) is 16.8 Å². The van der Waals surface area contributed by atoms with Crippen LogP contribution in [-0.4, -0.2) is 45.3 Å². The van der Waals surface area contributed by atoms with Crippen LogP contribution < -0.4 is 11.5 Å². The lowest BCUT2D eigenvalue weighted by Gasteiger charge is -2.15. The highest BCUT2D eigenvalue weighted by Gasteiger charge is 2.28. The number of anilines is 2. The first-order valence-corrected chi connectivity index (χ1v) is 12.3. The highest BCUT2D eigenvalue weighted by Crippen LogP contribution is 2.44. The van der Waals surface area contributed by atoms with Gasteiger partial charge in [0.1, 0.15) is 0 Å². The summed E-state index contributed by atoms with van der Waals surface area (Å²) in [6, 6.07) is 9.18. The minimum absolute atomic E-state index is 0.0651. The lowest BCUT2D eigenvalue weighted by atomic mass is 9.95. The predicted octanol–water partition coefficient (Wildman–Crippen LogP) is 2.83. The molecule has 5 aromatic rings. The van der Waals surface area contributed by atoms with Crippen LogP contribution in [0.4, 0.5) is 10.3 Å². The fourth-order valence-corrected chi connectivity index (χ4v) is 6.16. The molecule has 0 saturated carbocycles. The van der Waals surface area contributed by atoms with Crippen LogP contribution in [0.2, 0.25) is 0 Å². The SMILES string of the molecule is CS(=O)(=O)c1c(-c2cnc(N)s2)ccc(-c2cccc3sc(N)nc23)c1-c1nn[nH]n1. The fourth-order valence-electron chi connectivity index (χ4n) is 3.47. The molecule has 0 fully saturated rings. The smallest absolute Gasteiger partial charge is 0.206 e. The van der Waals surface area contributed by atoms with Crippen LogP contribution >= 0.6 is 22.7 Å². The maximum absolute atomic E-state index is 13.0. The Balaban J connectivity index is 1.93. The summed E-state index contributed by atoms with van der Waals surface area (Å²) in [5, 5.41) is 15.0. The third-order valence-corrected chi connectivity index (χ3v) is 7.49. The second-order valence-electron chi connectivity index (χ2n) is 6.64. The fraction of sp³-hybridized carbons (Fsp3) is 0.0556. The molecule has 0 saturated heterocycles. The number of nitrogens with zero attached hydrogens (tertiary/aromatic N) is 5. The number of aromatic amines is 1. The summed E-state index contributed by atoms with van der Waals surface area (Å²) < 4.78 is 27.0. The molecular formula is C18H14N8O2S3. The minimum Gasteiger partial charge on any atom is -0.375 e. The van der Waals surface area contributed by atoms with E-state index in [1.807, 2.05) is 24.3 Å². The van der Waals surface area contributed by atoms with Crippen LogP contribution in [0.5, 0.6) is 0 Å². The lowest BCUT2D eigenvalue weighted by molar-refractivity contribution is 0.602. The summed E-state index contributed by atoms with van der Waals surface area (Å²) in [6.45, 7) is 0. The van der Waals surface area contributed by atoms with Crippen molar-refractivity contribution >= 4 is 53.0 Å². The molecule has 0 unspecified atom stereocenters. The zero-order valence-corrected chi connectivity index (χ0v) is 18.3. The molecule has 3 heterocycles. The predicted molar refractivity (Wildman–Crippen MR) is 121 cm³/mol. The third kappa shape index (κ3) is 3.32. The number of nitrogens with two attached hydrogens (primary N) is 2. The van der Waals surface area contributed by atoms with Gasteiger partial charge in [0.05, 0.1) is 25.6 Å². The number of tetrazole rings is 1. The van der Waals surface area contributed by atoms with Gasteiger partial charge < -0.3 is 11.5 Å². The summed E-state index contributed by atoms with van der Waals surface area (Å²) in [6.07, 6.45) is 2.69. The number of para-hydroxylation sites is 1. The molecule has 2 aromatic carbocycles. The van der Waals surface area contributed by atoms with E-state index in [0.717, 1.165) is 11.0 Å². The molecular weight excluding hydrogens is 456 g/mol. The van der Waals surface area contributed by atoms with Gasteiger partial charge in [0.2, 0.25) is 5.82 Å². The molecule has 0 spiro atoms. The number of hydrogen-bond donors (Lipinski definition) is 3. The van der Waals surface area contributed by atoms with Crippen molar-refractivity contribution in [2.24, 2.45) is 0 Å². The molecule has 0 radical (unpaired) electrons. The molecule has 31 heavy (non-hydrogen) atoms. The van der Waals surface area contributed by atoms with E-state index >= 15 is 0 Å². The molecule has 10 nitrogen and oxygen atoms in total. The molecule has 0 aliphatic carbocycles. The highest BCUT2D eigenvalue weighted by atomic mass is 32.2. The number of H-pyrrole nitrogens is 1. The van der Waals surface area contributed by atoms with E-state index in [0.29, 0.717) is 42.9 Å². The van der Waals surface area contributed by atoms with Crippen molar-refractivity contribution in [3.8, 4) is 33.0 Å². The summed E-state index contributed by atoms with van der Waals surface area (Å²) in [4.78, 5) is 9.19. The van der Waals surface area contributed by atoms with Gasteiger partial charge in [-0.25, -0.2) is 18.4 Å². The van der Waals surface area contributed by atoms with Crippen molar-refractivity contribution < 1.29 is 8.42 Å². The number of hydrogen-bond acceptors (Lipinski definition) is 11. The van der Waals surface area contributed by atoms with Gasteiger partial charge >= 0.3 is 0 Å². The molecule has 0 atom stereocenters. The largest absolute Gasteiger partial charge is 0.375 e. The van der Waals surface area contributed by atoms with E-state index in [2.05, 4.69) is 30.6 Å². The number of fused-ring (bicyclic) bond motifs is 1. The van der Waals surface area contributed by atoms with Crippen molar-refractivity contribution in [1.82, 2.24) is 30.6 Å². The minimum atomic E-state index is -3.73. The van der Waals surface area contributed by atoms with E-state index < -0.39 is 9.84 Å². The standard InChI is InChI=1S/C18H14N8O2S3/c1-31(27,28)15-10(12-7-21-17(19)30-12)6-5-8(13(15)16-23-25-26-24-16)9-3-2-4-11-14(9)22-18(20)29-11/h2-7H,1H3,(H2,19,21)(H2,20,22)(H,23,24,25,26).